The van der Waals surface area contributed by atoms with Crippen molar-refractivity contribution in [2.45, 2.75) is 19.4 Å². The van der Waals surface area contributed by atoms with E-state index in [0.717, 1.165) is 15.3 Å². The molecule has 1 rings (SSSR count). The minimum atomic E-state index is -0.811. The Morgan fingerprint density at radius 1 is 1.65 bits per heavy atom. The third-order valence-corrected chi connectivity index (χ3v) is 3.43. The molecule has 0 fully saturated rings. The highest BCUT2D eigenvalue weighted by molar-refractivity contribution is 7.13. The molecule has 4 nitrogen and oxygen atoms in total. The molecule has 0 N–H and O–H groups in total. The normalized spacial score (nSPS) is 11.4. The molecule has 1 aromatic heterocycles. The van der Waals surface area contributed by atoms with Gasteiger partial charge in [-0.2, -0.15) is 4.99 Å². The zero-order chi connectivity index (χ0) is 12.8. The molecule has 1 aromatic rings. The summed E-state index contributed by atoms with van der Waals surface area (Å²) >= 11 is 1.53. The standard InChI is InChI=1S/C12H13NO3S/c1-8(2)11-5-4-9(17-11)6-10(13-7-14)12(15)16-3/h4-5,10H,1,6H2,2-3H3. The van der Waals surface area contributed by atoms with Gasteiger partial charge in [0.2, 0.25) is 6.08 Å². The Hall–Kier alpha value is -1.71. The first kappa shape index (κ1) is 13.4. The maximum absolute atomic E-state index is 11.3. The molecule has 0 saturated carbocycles. The number of rotatable bonds is 5. The van der Waals surface area contributed by atoms with Crippen molar-refractivity contribution in [3.63, 3.8) is 0 Å². The van der Waals surface area contributed by atoms with Gasteiger partial charge in [-0.25, -0.2) is 9.59 Å². The average molecular weight is 251 g/mol. The van der Waals surface area contributed by atoms with Crippen LogP contribution in [0.25, 0.3) is 5.57 Å². The Bertz CT molecular complexity index is 472. The molecule has 1 unspecified atom stereocenters. The molecule has 0 aromatic carbocycles. The van der Waals surface area contributed by atoms with Crippen molar-refractivity contribution in [3.8, 4) is 0 Å². The number of methoxy groups -OCH3 is 1. The molecule has 0 radical (unpaired) electrons. The number of carbonyl (C=O) groups is 1. The molecule has 5 heteroatoms. The summed E-state index contributed by atoms with van der Waals surface area (Å²) in [4.78, 5) is 27.0. The SMILES string of the molecule is C=C(C)c1ccc(CC(N=C=O)C(=O)OC)s1. The Morgan fingerprint density at radius 2 is 2.35 bits per heavy atom. The van der Waals surface area contributed by atoms with Gasteiger partial charge in [-0.1, -0.05) is 6.58 Å². The number of carbonyl (C=O) groups excluding carboxylic acids is 2. The summed E-state index contributed by atoms with van der Waals surface area (Å²) in [6.45, 7) is 5.75. The highest BCUT2D eigenvalue weighted by Gasteiger charge is 2.19. The number of allylic oxidation sites excluding steroid dienone is 1. The number of thiophene rings is 1. The zero-order valence-electron chi connectivity index (χ0n) is 9.73. The number of nitrogens with zero attached hydrogens (tertiary/aromatic N) is 1. The first-order valence-electron chi connectivity index (χ1n) is 4.98. The van der Waals surface area contributed by atoms with Crippen LogP contribution in [0.15, 0.2) is 23.7 Å². The average Bonchev–Trinajstić information content (AvgIpc) is 2.76. The zero-order valence-corrected chi connectivity index (χ0v) is 10.5. The predicted octanol–water partition coefficient (Wildman–Crippen LogP) is 2.20. The molecule has 0 aliphatic carbocycles. The number of hydrogen-bond donors (Lipinski definition) is 0. The Labute approximate surface area is 104 Å². The minimum Gasteiger partial charge on any atom is -0.467 e. The Morgan fingerprint density at radius 3 is 2.82 bits per heavy atom. The highest BCUT2D eigenvalue weighted by atomic mass is 32.1. The fourth-order valence-electron chi connectivity index (χ4n) is 1.29. The summed E-state index contributed by atoms with van der Waals surface area (Å²) in [5.74, 6) is -0.529. The van der Waals surface area contributed by atoms with Crippen LogP contribution in [-0.2, 0) is 20.7 Å². The Balaban J connectivity index is 2.82. The van der Waals surface area contributed by atoms with E-state index in [4.69, 9.17) is 0 Å². The van der Waals surface area contributed by atoms with Gasteiger partial charge in [-0.05, 0) is 24.6 Å². The van der Waals surface area contributed by atoms with E-state index in [9.17, 15) is 9.59 Å². The Kier molecular flexibility index (Phi) is 4.82. The number of esters is 1. The number of isocyanates is 1. The van der Waals surface area contributed by atoms with Crippen LogP contribution >= 0.6 is 11.3 Å². The van der Waals surface area contributed by atoms with Gasteiger partial charge in [-0.3, -0.25) is 0 Å². The summed E-state index contributed by atoms with van der Waals surface area (Å²) in [7, 11) is 1.27. The van der Waals surface area contributed by atoms with Crippen LogP contribution in [-0.4, -0.2) is 25.2 Å². The molecule has 90 valence electrons. The molecular weight excluding hydrogens is 238 g/mol. The quantitative estimate of drug-likeness (QED) is 0.458. The van der Waals surface area contributed by atoms with Crippen molar-refractivity contribution < 1.29 is 14.3 Å². The molecular formula is C12H13NO3S. The second kappa shape index (κ2) is 6.13. The molecule has 0 bridgehead atoms. The van der Waals surface area contributed by atoms with E-state index in [1.54, 1.807) is 0 Å². The lowest BCUT2D eigenvalue weighted by Crippen LogP contribution is -2.22. The summed E-state index contributed by atoms with van der Waals surface area (Å²) in [5, 5.41) is 0. The van der Waals surface area contributed by atoms with Crippen molar-refractivity contribution >= 4 is 29.0 Å². The molecule has 0 amide bonds. The van der Waals surface area contributed by atoms with Crippen LogP contribution in [0.2, 0.25) is 0 Å². The van der Waals surface area contributed by atoms with Crippen molar-refractivity contribution in [1.82, 2.24) is 0 Å². The third kappa shape index (κ3) is 3.66. The molecule has 0 aliphatic heterocycles. The molecule has 17 heavy (non-hydrogen) atoms. The topological polar surface area (TPSA) is 55.7 Å². The van der Waals surface area contributed by atoms with Gasteiger partial charge in [-0.15, -0.1) is 11.3 Å². The van der Waals surface area contributed by atoms with Gasteiger partial charge in [0.1, 0.15) is 0 Å². The molecule has 0 spiro atoms. The number of ether oxygens (including phenoxy) is 1. The van der Waals surface area contributed by atoms with Gasteiger partial charge < -0.3 is 4.74 Å². The lowest BCUT2D eigenvalue weighted by molar-refractivity contribution is -0.142. The predicted molar refractivity (Wildman–Crippen MR) is 66.7 cm³/mol. The van der Waals surface area contributed by atoms with E-state index < -0.39 is 12.0 Å². The monoisotopic (exact) mass is 251 g/mol. The molecule has 0 aliphatic rings. The van der Waals surface area contributed by atoms with Crippen molar-refractivity contribution in [1.29, 1.82) is 0 Å². The summed E-state index contributed by atoms with van der Waals surface area (Å²) in [6, 6.07) is 3.01. The van der Waals surface area contributed by atoms with Crippen LogP contribution < -0.4 is 0 Å². The minimum absolute atomic E-state index is 0.347. The van der Waals surface area contributed by atoms with Gasteiger partial charge >= 0.3 is 5.97 Å². The van der Waals surface area contributed by atoms with Crippen LogP contribution in [0.1, 0.15) is 16.7 Å². The van der Waals surface area contributed by atoms with Crippen LogP contribution in [0.3, 0.4) is 0 Å². The van der Waals surface area contributed by atoms with Gasteiger partial charge in [0.15, 0.2) is 6.04 Å². The lowest BCUT2D eigenvalue weighted by Gasteiger charge is -2.06. The highest BCUT2D eigenvalue weighted by Crippen LogP contribution is 2.24. The van der Waals surface area contributed by atoms with E-state index in [0.29, 0.717) is 6.42 Å². The van der Waals surface area contributed by atoms with E-state index in [1.165, 1.54) is 24.5 Å². The lowest BCUT2D eigenvalue weighted by atomic mass is 10.2. The fourth-order valence-corrected chi connectivity index (χ4v) is 2.26. The number of hydrogen-bond acceptors (Lipinski definition) is 5. The van der Waals surface area contributed by atoms with Gasteiger partial charge in [0.25, 0.3) is 0 Å². The van der Waals surface area contributed by atoms with Crippen molar-refractivity contribution in [3.05, 3.63) is 28.5 Å². The summed E-state index contributed by atoms with van der Waals surface area (Å²) < 4.78 is 4.57. The fraction of sp³-hybridized carbons (Fsp3) is 0.333. The second-order valence-electron chi connectivity index (χ2n) is 3.51. The van der Waals surface area contributed by atoms with Crippen molar-refractivity contribution in [2.24, 2.45) is 4.99 Å². The van der Waals surface area contributed by atoms with Crippen LogP contribution in [0, 0.1) is 0 Å². The van der Waals surface area contributed by atoms with Crippen LogP contribution in [0.5, 0.6) is 0 Å². The maximum Gasteiger partial charge on any atom is 0.331 e. The summed E-state index contributed by atoms with van der Waals surface area (Å²) in [6.07, 6.45) is 1.74. The van der Waals surface area contributed by atoms with Crippen LogP contribution in [0.4, 0.5) is 0 Å². The smallest absolute Gasteiger partial charge is 0.331 e. The largest absolute Gasteiger partial charge is 0.467 e. The maximum atomic E-state index is 11.3. The third-order valence-electron chi connectivity index (χ3n) is 2.16. The first-order chi connectivity index (χ1) is 8.08. The summed E-state index contributed by atoms with van der Waals surface area (Å²) in [5.41, 5.74) is 0.967. The van der Waals surface area contributed by atoms with E-state index in [1.807, 2.05) is 19.1 Å². The van der Waals surface area contributed by atoms with Crippen molar-refractivity contribution in [2.75, 3.05) is 7.11 Å². The second-order valence-corrected chi connectivity index (χ2v) is 4.68. The van der Waals surface area contributed by atoms with Gasteiger partial charge in [0.05, 0.1) is 7.11 Å². The van der Waals surface area contributed by atoms with E-state index >= 15 is 0 Å². The van der Waals surface area contributed by atoms with E-state index in [-0.39, 0.29) is 0 Å². The first-order valence-corrected chi connectivity index (χ1v) is 5.79. The number of aliphatic imine (C=N–C) groups is 1. The molecule has 0 saturated heterocycles. The molecule has 1 atom stereocenters. The van der Waals surface area contributed by atoms with Gasteiger partial charge in [0, 0.05) is 16.2 Å². The molecule has 1 heterocycles. The van der Waals surface area contributed by atoms with E-state index in [2.05, 4.69) is 16.3 Å².